The minimum atomic E-state index is -1.02. The molecule has 92 valence electrons. The fourth-order valence-electron chi connectivity index (χ4n) is 1.60. The Labute approximate surface area is 107 Å². The van der Waals surface area contributed by atoms with Crippen molar-refractivity contribution in [1.82, 2.24) is 0 Å². The average molecular weight is 302 g/mol. The van der Waals surface area contributed by atoms with Crippen molar-refractivity contribution in [3.63, 3.8) is 0 Å². The zero-order chi connectivity index (χ0) is 12.4. The number of nitrogens with two attached hydrogens (primary N) is 1. The van der Waals surface area contributed by atoms with Crippen LogP contribution in [0.25, 0.3) is 0 Å². The zero-order valence-electron chi connectivity index (χ0n) is 8.98. The number of hydrogen-bond donors (Lipinski definition) is 2. The van der Waals surface area contributed by atoms with Gasteiger partial charge in [0.05, 0.1) is 4.47 Å². The van der Waals surface area contributed by atoms with E-state index in [1.54, 1.807) is 12.1 Å². The number of ether oxygens (including phenoxy) is 2. The second-order valence-electron chi connectivity index (χ2n) is 3.71. The number of carboxylic acid groups (broad SMARTS) is 1. The third-order valence-electron chi connectivity index (χ3n) is 2.49. The third-order valence-corrected chi connectivity index (χ3v) is 3.35. The van der Waals surface area contributed by atoms with Gasteiger partial charge in [-0.2, -0.15) is 0 Å². The lowest BCUT2D eigenvalue weighted by atomic mass is 10.1. The number of fused-ring (bicyclic) bond motifs is 1. The van der Waals surface area contributed by atoms with Gasteiger partial charge in [0.25, 0.3) is 0 Å². The zero-order valence-corrected chi connectivity index (χ0v) is 10.6. The van der Waals surface area contributed by atoms with Crippen LogP contribution in [0.15, 0.2) is 16.6 Å². The van der Waals surface area contributed by atoms with Crippen LogP contribution in [0.3, 0.4) is 0 Å². The van der Waals surface area contributed by atoms with Crippen LogP contribution in [0.1, 0.15) is 5.56 Å². The van der Waals surface area contributed by atoms with Gasteiger partial charge < -0.3 is 20.3 Å². The van der Waals surface area contributed by atoms with Crippen molar-refractivity contribution in [1.29, 1.82) is 0 Å². The third kappa shape index (κ3) is 2.53. The summed E-state index contributed by atoms with van der Waals surface area (Å²) in [5.41, 5.74) is 6.30. The molecule has 0 spiro atoms. The molecule has 1 heterocycles. The summed E-state index contributed by atoms with van der Waals surface area (Å²) in [4.78, 5) is 10.7. The van der Waals surface area contributed by atoms with Gasteiger partial charge in [0.1, 0.15) is 19.3 Å². The molecule has 1 aromatic rings. The van der Waals surface area contributed by atoms with Crippen LogP contribution in [0, 0.1) is 0 Å². The van der Waals surface area contributed by atoms with Crippen molar-refractivity contribution in [2.24, 2.45) is 5.73 Å². The van der Waals surface area contributed by atoms with E-state index < -0.39 is 12.0 Å². The molecule has 0 bridgehead atoms. The van der Waals surface area contributed by atoms with Crippen molar-refractivity contribution >= 4 is 21.9 Å². The Kier molecular flexibility index (Phi) is 3.54. The Hall–Kier alpha value is -1.27. The second-order valence-corrected chi connectivity index (χ2v) is 4.50. The number of aliphatic carboxylic acids is 1. The van der Waals surface area contributed by atoms with E-state index in [1.165, 1.54) is 0 Å². The van der Waals surface area contributed by atoms with E-state index in [-0.39, 0.29) is 6.42 Å². The molecular formula is C11H12BrNO4. The van der Waals surface area contributed by atoms with Crippen molar-refractivity contribution < 1.29 is 19.4 Å². The molecule has 0 amide bonds. The molecule has 2 rings (SSSR count). The van der Waals surface area contributed by atoms with Gasteiger partial charge in [-0.1, -0.05) is 6.07 Å². The van der Waals surface area contributed by atoms with Crippen molar-refractivity contribution in [2.45, 2.75) is 12.5 Å². The van der Waals surface area contributed by atoms with Gasteiger partial charge in [0, 0.05) is 0 Å². The molecule has 3 N–H and O–H groups in total. The maximum absolute atomic E-state index is 10.7. The lowest BCUT2D eigenvalue weighted by Gasteiger charge is -2.21. The van der Waals surface area contributed by atoms with Crippen LogP contribution < -0.4 is 15.2 Å². The van der Waals surface area contributed by atoms with Crippen LogP contribution in [0.4, 0.5) is 0 Å². The summed E-state index contributed by atoms with van der Waals surface area (Å²) in [7, 11) is 0. The summed E-state index contributed by atoms with van der Waals surface area (Å²) in [6.45, 7) is 1.01. The van der Waals surface area contributed by atoms with Gasteiger partial charge in [-0.05, 0) is 34.0 Å². The molecular weight excluding hydrogens is 290 g/mol. The monoisotopic (exact) mass is 301 g/mol. The van der Waals surface area contributed by atoms with Crippen molar-refractivity contribution in [2.75, 3.05) is 13.2 Å². The predicted molar refractivity (Wildman–Crippen MR) is 64.4 cm³/mol. The van der Waals surface area contributed by atoms with Crippen LogP contribution >= 0.6 is 15.9 Å². The summed E-state index contributed by atoms with van der Waals surface area (Å²) in [6.07, 6.45) is 0.243. The SMILES string of the molecule is NC(Cc1ccc2c(c1Br)OCCO2)C(=O)O. The largest absolute Gasteiger partial charge is 0.486 e. The second kappa shape index (κ2) is 4.93. The Morgan fingerprint density at radius 2 is 2.18 bits per heavy atom. The number of hydrogen-bond acceptors (Lipinski definition) is 4. The first-order valence-electron chi connectivity index (χ1n) is 5.15. The highest BCUT2D eigenvalue weighted by atomic mass is 79.9. The van der Waals surface area contributed by atoms with E-state index in [0.29, 0.717) is 29.2 Å². The smallest absolute Gasteiger partial charge is 0.320 e. The summed E-state index contributed by atoms with van der Waals surface area (Å²) >= 11 is 3.39. The fourth-order valence-corrected chi connectivity index (χ4v) is 2.21. The van der Waals surface area contributed by atoms with Crippen LogP contribution in [0.5, 0.6) is 11.5 Å². The molecule has 0 aliphatic carbocycles. The van der Waals surface area contributed by atoms with Crippen molar-refractivity contribution in [3.8, 4) is 11.5 Å². The quantitative estimate of drug-likeness (QED) is 0.876. The number of halogens is 1. The molecule has 1 aromatic carbocycles. The molecule has 5 nitrogen and oxygen atoms in total. The first-order chi connectivity index (χ1) is 8.09. The lowest BCUT2D eigenvalue weighted by molar-refractivity contribution is -0.138. The molecule has 6 heteroatoms. The Balaban J connectivity index is 2.27. The number of rotatable bonds is 3. The summed E-state index contributed by atoms with van der Waals surface area (Å²) in [5.74, 6) is 0.258. The van der Waals surface area contributed by atoms with E-state index in [2.05, 4.69) is 15.9 Å². The molecule has 0 radical (unpaired) electrons. The number of benzene rings is 1. The van der Waals surface area contributed by atoms with E-state index in [1.807, 2.05) is 0 Å². The van der Waals surface area contributed by atoms with Crippen LogP contribution in [0.2, 0.25) is 0 Å². The first kappa shape index (κ1) is 12.2. The number of carboxylic acids is 1. The van der Waals surface area contributed by atoms with E-state index in [4.69, 9.17) is 20.3 Å². The molecule has 0 fully saturated rings. The molecule has 1 aliphatic heterocycles. The van der Waals surface area contributed by atoms with E-state index in [0.717, 1.165) is 5.56 Å². The molecule has 0 saturated carbocycles. The number of carbonyl (C=O) groups is 1. The lowest BCUT2D eigenvalue weighted by Crippen LogP contribution is -2.32. The van der Waals surface area contributed by atoms with Crippen LogP contribution in [-0.4, -0.2) is 30.3 Å². The fraction of sp³-hybridized carbons (Fsp3) is 0.364. The highest BCUT2D eigenvalue weighted by Gasteiger charge is 2.20. The minimum Gasteiger partial charge on any atom is -0.486 e. The summed E-state index contributed by atoms with van der Waals surface area (Å²) in [6, 6.07) is 2.64. The molecule has 1 atom stereocenters. The Morgan fingerprint density at radius 3 is 2.88 bits per heavy atom. The van der Waals surface area contributed by atoms with Gasteiger partial charge in [-0.25, -0.2) is 0 Å². The molecule has 17 heavy (non-hydrogen) atoms. The Bertz CT molecular complexity index is 449. The van der Waals surface area contributed by atoms with Crippen molar-refractivity contribution in [3.05, 3.63) is 22.2 Å². The molecule has 1 unspecified atom stereocenters. The molecule has 0 aromatic heterocycles. The molecule has 1 aliphatic rings. The topological polar surface area (TPSA) is 81.8 Å². The van der Waals surface area contributed by atoms with Gasteiger partial charge in [-0.15, -0.1) is 0 Å². The van der Waals surface area contributed by atoms with E-state index >= 15 is 0 Å². The predicted octanol–water partition coefficient (Wildman–Crippen LogP) is 1.17. The summed E-state index contributed by atoms with van der Waals surface area (Å²) in [5, 5.41) is 8.78. The highest BCUT2D eigenvalue weighted by molar-refractivity contribution is 9.10. The molecule has 0 saturated heterocycles. The normalized spacial score (nSPS) is 15.4. The van der Waals surface area contributed by atoms with Gasteiger partial charge >= 0.3 is 5.97 Å². The minimum absolute atomic E-state index is 0.243. The summed E-state index contributed by atoms with van der Waals surface area (Å²) < 4.78 is 11.6. The Morgan fingerprint density at radius 1 is 1.47 bits per heavy atom. The van der Waals surface area contributed by atoms with Gasteiger partial charge in [0.2, 0.25) is 0 Å². The van der Waals surface area contributed by atoms with Gasteiger partial charge in [-0.3, -0.25) is 4.79 Å². The van der Waals surface area contributed by atoms with Crippen LogP contribution in [-0.2, 0) is 11.2 Å². The van der Waals surface area contributed by atoms with E-state index in [9.17, 15) is 4.79 Å². The first-order valence-corrected chi connectivity index (χ1v) is 5.94. The maximum atomic E-state index is 10.7. The highest BCUT2D eigenvalue weighted by Crippen LogP contribution is 2.39. The van der Waals surface area contributed by atoms with Gasteiger partial charge in [0.15, 0.2) is 11.5 Å². The average Bonchev–Trinajstić information content (AvgIpc) is 2.33. The standard InChI is InChI=1S/C11H12BrNO4/c12-9-6(5-7(13)11(14)15)1-2-8-10(9)17-4-3-16-8/h1-2,7H,3-5,13H2,(H,14,15). The maximum Gasteiger partial charge on any atom is 0.320 e.